The molecule has 4 nitrogen and oxygen atoms in total. The monoisotopic (exact) mass is 332 g/mol. The number of amides is 2. The molecule has 0 atom stereocenters. The maximum absolute atomic E-state index is 13.9. The number of rotatable bonds is 6. The van der Waals surface area contributed by atoms with Crippen molar-refractivity contribution in [2.45, 2.75) is 19.9 Å². The summed E-state index contributed by atoms with van der Waals surface area (Å²) < 4.78 is 27.0. The highest BCUT2D eigenvalue weighted by Crippen LogP contribution is 2.20. The predicted molar refractivity (Wildman–Crippen MR) is 87.3 cm³/mol. The van der Waals surface area contributed by atoms with E-state index in [-0.39, 0.29) is 31.3 Å². The van der Waals surface area contributed by atoms with Crippen LogP contribution in [0.2, 0.25) is 0 Å². The molecule has 126 valence electrons. The van der Waals surface area contributed by atoms with Crippen molar-refractivity contribution < 1.29 is 18.4 Å². The van der Waals surface area contributed by atoms with Gasteiger partial charge in [-0.25, -0.2) is 8.78 Å². The van der Waals surface area contributed by atoms with E-state index in [0.29, 0.717) is 11.3 Å². The number of halogens is 2. The summed E-state index contributed by atoms with van der Waals surface area (Å²) >= 11 is 0. The van der Waals surface area contributed by atoms with Crippen molar-refractivity contribution in [3.05, 3.63) is 65.7 Å². The first-order chi connectivity index (χ1) is 11.5. The number of nitrogens with one attached hydrogen (secondary N) is 1. The van der Waals surface area contributed by atoms with Crippen LogP contribution in [-0.2, 0) is 16.1 Å². The minimum atomic E-state index is -0.421. The highest BCUT2D eigenvalue weighted by molar-refractivity contribution is 5.93. The Morgan fingerprint density at radius 3 is 2.33 bits per heavy atom. The van der Waals surface area contributed by atoms with Crippen LogP contribution in [0.4, 0.5) is 14.5 Å². The molecule has 0 saturated heterocycles. The van der Waals surface area contributed by atoms with Crippen molar-refractivity contribution in [2.75, 3.05) is 11.4 Å². The Morgan fingerprint density at radius 2 is 1.71 bits per heavy atom. The third kappa shape index (κ3) is 4.87. The van der Waals surface area contributed by atoms with Gasteiger partial charge in [-0.2, -0.15) is 0 Å². The molecule has 0 bridgehead atoms. The van der Waals surface area contributed by atoms with Crippen molar-refractivity contribution in [2.24, 2.45) is 0 Å². The van der Waals surface area contributed by atoms with Gasteiger partial charge in [-0.05, 0) is 30.3 Å². The Morgan fingerprint density at radius 1 is 1.04 bits per heavy atom. The quantitative estimate of drug-likeness (QED) is 0.884. The van der Waals surface area contributed by atoms with Crippen molar-refractivity contribution >= 4 is 17.5 Å². The van der Waals surface area contributed by atoms with Crippen LogP contribution in [0.3, 0.4) is 0 Å². The van der Waals surface area contributed by atoms with Crippen LogP contribution in [-0.4, -0.2) is 18.4 Å². The molecule has 0 aliphatic carbocycles. The molecule has 0 fully saturated rings. The van der Waals surface area contributed by atoms with Crippen LogP contribution in [0.15, 0.2) is 48.5 Å². The number of carbonyl (C=O) groups excluding carboxylic acids is 2. The Labute approximate surface area is 139 Å². The predicted octanol–water partition coefficient (Wildman–Crippen LogP) is 3.02. The van der Waals surface area contributed by atoms with Gasteiger partial charge in [0, 0.05) is 31.1 Å². The van der Waals surface area contributed by atoms with Crippen LogP contribution in [0, 0.1) is 11.6 Å². The number of benzene rings is 2. The first-order valence-electron chi connectivity index (χ1n) is 7.51. The van der Waals surface area contributed by atoms with Crippen LogP contribution in [0.25, 0.3) is 0 Å². The molecular formula is C18H18F2N2O2. The summed E-state index contributed by atoms with van der Waals surface area (Å²) in [5.41, 5.74) is 0.821. The molecule has 0 unspecified atom stereocenters. The molecule has 2 rings (SSSR count). The average molecular weight is 332 g/mol. The number of carbonyl (C=O) groups is 2. The van der Waals surface area contributed by atoms with Gasteiger partial charge < -0.3 is 10.2 Å². The third-order valence-corrected chi connectivity index (χ3v) is 3.44. The van der Waals surface area contributed by atoms with E-state index < -0.39 is 11.6 Å². The lowest BCUT2D eigenvalue weighted by Crippen LogP contribution is -2.34. The molecule has 2 aromatic rings. The average Bonchev–Trinajstić information content (AvgIpc) is 2.54. The molecule has 24 heavy (non-hydrogen) atoms. The van der Waals surface area contributed by atoms with Crippen LogP contribution in [0.1, 0.15) is 18.9 Å². The molecule has 1 N–H and O–H groups in total. The van der Waals surface area contributed by atoms with E-state index in [9.17, 15) is 18.4 Å². The van der Waals surface area contributed by atoms with Gasteiger partial charge in [0.15, 0.2) is 0 Å². The van der Waals surface area contributed by atoms with Crippen LogP contribution < -0.4 is 10.2 Å². The number of hydrogen-bond acceptors (Lipinski definition) is 2. The molecule has 0 aliphatic rings. The molecule has 2 amide bonds. The van der Waals surface area contributed by atoms with E-state index in [1.807, 2.05) is 0 Å². The maximum Gasteiger partial charge on any atom is 0.229 e. The molecule has 0 aliphatic heterocycles. The van der Waals surface area contributed by atoms with Gasteiger partial charge in [-0.1, -0.05) is 18.2 Å². The zero-order valence-electron chi connectivity index (χ0n) is 13.3. The lowest BCUT2D eigenvalue weighted by Gasteiger charge is -2.23. The molecule has 0 spiro atoms. The van der Waals surface area contributed by atoms with E-state index in [0.717, 1.165) is 0 Å². The van der Waals surface area contributed by atoms with Gasteiger partial charge in [-0.3, -0.25) is 9.59 Å². The first-order valence-corrected chi connectivity index (χ1v) is 7.51. The van der Waals surface area contributed by atoms with Gasteiger partial charge in [0.2, 0.25) is 11.8 Å². The van der Waals surface area contributed by atoms with Crippen molar-refractivity contribution in [3.63, 3.8) is 0 Å². The molecule has 2 aromatic carbocycles. The van der Waals surface area contributed by atoms with Crippen molar-refractivity contribution in [1.82, 2.24) is 5.32 Å². The van der Waals surface area contributed by atoms with E-state index in [1.54, 1.807) is 18.2 Å². The Kier molecular flexibility index (Phi) is 6.01. The topological polar surface area (TPSA) is 49.4 Å². The van der Waals surface area contributed by atoms with E-state index in [1.165, 1.54) is 42.2 Å². The van der Waals surface area contributed by atoms with Gasteiger partial charge >= 0.3 is 0 Å². The fourth-order valence-corrected chi connectivity index (χ4v) is 2.22. The highest BCUT2D eigenvalue weighted by atomic mass is 19.1. The second-order valence-corrected chi connectivity index (χ2v) is 5.28. The minimum Gasteiger partial charge on any atom is -0.356 e. The number of nitrogens with zero attached hydrogens (tertiary/aromatic N) is 1. The Balaban J connectivity index is 2.20. The van der Waals surface area contributed by atoms with Gasteiger partial charge in [0.05, 0.1) is 6.54 Å². The van der Waals surface area contributed by atoms with E-state index in [4.69, 9.17) is 0 Å². The second-order valence-electron chi connectivity index (χ2n) is 5.28. The summed E-state index contributed by atoms with van der Waals surface area (Å²) in [7, 11) is 0. The summed E-state index contributed by atoms with van der Waals surface area (Å²) in [5, 5.41) is 2.55. The molecule has 0 radical (unpaired) electrons. The fourth-order valence-electron chi connectivity index (χ4n) is 2.22. The normalized spacial score (nSPS) is 10.3. The molecule has 6 heteroatoms. The summed E-state index contributed by atoms with van der Waals surface area (Å²) in [6.07, 6.45) is 0.0609. The summed E-state index contributed by atoms with van der Waals surface area (Å²) in [6, 6.07) is 11.6. The van der Waals surface area contributed by atoms with Crippen LogP contribution >= 0.6 is 0 Å². The first kappa shape index (κ1) is 17.6. The SMILES string of the molecule is CC(=O)NCCC(=O)N(Cc1ccccc1F)c1ccc(F)cc1. The largest absolute Gasteiger partial charge is 0.356 e. The van der Waals surface area contributed by atoms with Gasteiger partial charge in [-0.15, -0.1) is 0 Å². The lowest BCUT2D eigenvalue weighted by molar-refractivity contribution is -0.120. The van der Waals surface area contributed by atoms with Gasteiger partial charge in [0.25, 0.3) is 0 Å². The molecule has 0 saturated carbocycles. The van der Waals surface area contributed by atoms with E-state index >= 15 is 0 Å². The highest BCUT2D eigenvalue weighted by Gasteiger charge is 2.17. The smallest absolute Gasteiger partial charge is 0.229 e. The molecular weight excluding hydrogens is 314 g/mol. The number of anilines is 1. The standard InChI is InChI=1S/C18H18F2N2O2/c1-13(23)21-11-10-18(24)22(16-8-6-15(19)7-9-16)12-14-4-2-3-5-17(14)20/h2-9H,10-12H2,1H3,(H,21,23). The zero-order chi connectivity index (χ0) is 17.5. The van der Waals surface area contributed by atoms with Crippen molar-refractivity contribution in [1.29, 1.82) is 0 Å². The van der Waals surface area contributed by atoms with Gasteiger partial charge in [0.1, 0.15) is 11.6 Å². The summed E-state index contributed by atoms with van der Waals surface area (Å²) in [5.74, 6) is -1.36. The Bertz CT molecular complexity index is 717. The number of hydrogen-bond donors (Lipinski definition) is 1. The zero-order valence-corrected chi connectivity index (χ0v) is 13.3. The third-order valence-electron chi connectivity index (χ3n) is 3.44. The molecule has 0 aromatic heterocycles. The fraction of sp³-hybridized carbons (Fsp3) is 0.222. The maximum atomic E-state index is 13.9. The Hall–Kier alpha value is -2.76. The minimum absolute atomic E-state index is 0.0250. The lowest BCUT2D eigenvalue weighted by atomic mass is 10.1. The summed E-state index contributed by atoms with van der Waals surface area (Å²) in [4.78, 5) is 24.8. The molecule has 0 heterocycles. The summed E-state index contributed by atoms with van der Waals surface area (Å²) in [6.45, 7) is 1.57. The van der Waals surface area contributed by atoms with Crippen molar-refractivity contribution in [3.8, 4) is 0 Å². The van der Waals surface area contributed by atoms with E-state index in [2.05, 4.69) is 5.32 Å². The van der Waals surface area contributed by atoms with Crippen LogP contribution in [0.5, 0.6) is 0 Å². The second kappa shape index (κ2) is 8.19.